The van der Waals surface area contributed by atoms with E-state index >= 15 is 0 Å². The first-order valence-corrected chi connectivity index (χ1v) is 10.2. The molecule has 8 heteroatoms. The van der Waals surface area contributed by atoms with Crippen LogP contribution in [0.4, 0.5) is 0 Å². The van der Waals surface area contributed by atoms with E-state index in [4.69, 9.17) is 9.84 Å². The summed E-state index contributed by atoms with van der Waals surface area (Å²) in [5.41, 5.74) is -0.714. The number of imide groups is 1. The van der Waals surface area contributed by atoms with Gasteiger partial charge < -0.3 is 19.8 Å². The number of ether oxygens (including phenoxy) is 1. The summed E-state index contributed by atoms with van der Waals surface area (Å²) in [6.45, 7) is 3.83. The molecule has 8 nitrogen and oxygen atoms in total. The minimum atomic E-state index is -1.30. The molecule has 1 heterocycles. The van der Waals surface area contributed by atoms with E-state index in [-0.39, 0.29) is 37.1 Å². The number of aliphatic hydroxyl groups is 2. The highest BCUT2D eigenvalue weighted by Crippen LogP contribution is 2.41. The standard InChI is InChI=1S/C22H32N2O6/c1-15(2)9-10-24-20(28)12-22(21(24)29,16-5-7-18(30-4)8-6-16)11-19(27)23(3)13-17(26)14-25/h5-8,15,17,25-26H,9-14H2,1-4H3/t17-,22-/m0/s1. The number of carbonyl (C=O) groups is 3. The molecule has 1 aliphatic rings. The SMILES string of the molecule is COc1ccc([C@]2(CC(=O)N(C)C[C@H](O)CO)CC(=O)N(CCC(C)C)C2=O)cc1. The van der Waals surface area contributed by atoms with Gasteiger partial charge in [0.25, 0.3) is 0 Å². The van der Waals surface area contributed by atoms with Crippen LogP contribution in [-0.4, -0.2) is 77.7 Å². The van der Waals surface area contributed by atoms with Crippen molar-refractivity contribution in [2.45, 2.75) is 44.6 Å². The minimum absolute atomic E-state index is 0.0623. The van der Waals surface area contributed by atoms with Crippen molar-refractivity contribution < 1.29 is 29.3 Å². The van der Waals surface area contributed by atoms with Crippen LogP contribution >= 0.6 is 0 Å². The van der Waals surface area contributed by atoms with Crippen molar-refractivity contribution in [1.82, 2.24) is 9.80 Å². The van der Waals surface area contributed by atoms with Gasteiger partial charge in [0.1, 0.15) is 5.75 Å². The van der Waals surface area contributed by atoms with Crippen LogP contribution in [0.1, 0.15) is 38.7 Å². The number of rotatable bonds is 10. The highest BCUT2D eigenvalue weighted by molar-refractivity contribution is 6.10. The van der Waals surface area contributed by atoms with E-state index in [0.717, 1.165) is 0 Å². The zero-order valence-corrected chi connectivity index (χ0v) is 18.1. The lowest BCUT2D eigenvalue weighted by atomic mass is 9.75. The van der Waals surface area contributed by atoms with Gasteiger partial charge >= 0.3 is 0 Å². The number of likely N-dealkylation sites (N-methyl/N-ethyl adjacent to an activating group) is 1. The number of nitrogens with zero attached hydrogens (tertiary/aromatic N) is 2. The lowest BCUT2D eigenvalue weighted by Crippen LogP contribution is -2.44. The van der Waals surface area contributed by atoms with Crippen LogP contribution in [0, 0.1) is 5.92 Å². The molecule has 166 valence electrons. The molecule has 30 heavy (non-hydrogen) atoms. The van der Waals surface area contributed by atoms with Crippen molar-refractivity contribution in [1.29, 1.82) is 0 Å². The molecule has 0 saturated carbocycles. The Morgan fingerprint density at radius 2 is 1.90 bits per heavy atom. The van der Waals surface area contributed by atoms with Gasteiger partial charge in [0, 0.05) is 33.0 Å². The molecule has 1 aliphatic heterocycles. The Morgan fingerprint density at radius 3 is 2.43 bits per heavy atom. The molecule has 2 N–H and O–H groups in total. The summed E-state index contributed by atoms with van der Waals surface area (Å²) in [5.74, 6) is -0.110. The van der Waals surface area contributed by atoms with Gasteiger partial charge in [0.2, 0.25) is 17.7 Å². The van der Waals surface area contributed by atoms with Gasteiger partial charge in [-0.15, -0.1) is 0 Å². The molecule has 0 aliphatic carbocycles. The Labute approximate surface area is 177 Å². The van der Waals surface area contributed by atoms with E-state index in [0.29, 0.717) is 30.2 Å². The number of hydrogen-bond donors (Lipinski definition) is 2. The molecule has 1 saturated heterocycles. The quantitative estimate of drug-likeness (QED) is 0.546. The zero-order valence-electron chi connectivity index (χ0n) is 18.1. The minimum Gasteiger partial charge on any atom is -0.497 e. The molecule has 1 aromatic carbocycles. The van der Waals surface area contributed by atoms with Crippen molar-refractivity contribution in [2.24, 2.45) is 5.92 Å². The van der Waals surface area contributed by atoms with Crippen molar-refractivity contribution >= 4 is 17.7 Å². The van der Waals surface area contributed by atoms with Crippen LogP contribution in [0.2, 0.25) is 0 Å². The average molecular weight is 421 g/mol. The fourth-order valence-corrected chi connectivity index (χ4v) is 3.66. The van der Waals surface area contributed by atoms with Crippen molar-refractivity contribution in [3.05, 3.63) is 29.8 Å². The van der Waals surface area contributed by atoms with E-state index in [2.05, 4.69) is 0 Å². The maximum Gasteiger partial charge on any atom is 0.240 e. The Bertz CT molecular complexity index is 763. The fraction of sp³-hybridized carbons (Fsp3) is 0.591. The number of carbonyl (C=O) groups excluding carboxylic acids is 3. The molecule has 2 rings (SSSR count). The van der Waals surface area contributed by atoms with Crippen LogP contribution in [0.5, 0.6) is 5.75 Å². The molecule has 1 aromatic rings. The maximum atomic E-state index is 13.5. The second kappa shape index (κ2) is 10.0. The van der Waals surface area contributed by atoms with Crippen molar-refractivity contribution in [3.63, 3.8) is 0 Å². The molecule has 0 radical (unpaired) electrons. The highest BCUT2D eigenvalue weighted by Gasteiger charge is 2.53. The van der Waals surface area contributed by atoms with Gasteiger partial charge in [-0.2, -0.15) is 0 Å². The molecule has 0 spiro atoms. The van der Waals surface area contributed by atoms with Gasteiger partial charge in [-0.25, -0.2) is 0 Å². The smallest absolute Gasteiger partial charge is 0.240 e. The first-order valence-electron chi connectivity index (χ1n) is 10.2. The molecular formula is C22H32N2O6. The molecule has 0 bridgehead atoms. The predicted molar refractivity (Wildman–Crippen MR) is 111 cm³/mol. The average Bonchev–Trinajstić information content (AvgIpc) is 2.96. The number of aliphatic hydroxyl groups excluding tert-OH is 2. The second-order valence-electron chi connectivity index (χ2n) is 8.31. The Hall–Kier alpha value is -2.45. The predicted octanol–water partition coefficient (Wildman–Crippen LogP) is 0.940. The van der Waals surface area contributed by atoms with E-state index in [9.17, 15) is 19.5 Å². The van der Waals surface area contributed by atoms with Crippen LogP contribution in [0.25, 0.3) is 0 Å². The fourth-order valence-electron chi connectivity index (χ4n) is 3.66. The largest absolute Gasteiger partial charge is 0.497 e. The number of amides is 3. The normalized spacial score (nSPS) is 20.0. The molecule has 2 atom stereocenters. The molecule has 3 amide bonds. The van der Waals surface area contributed by atoms with Gasteiger partial charge in [0.15, 0.2) is 0 Å². The summed E-state index contributed by atoms with van der Waals surface area (Å²) in [5, 5.41) is 18.7. The third-order valence-electron chi connectivity index (χ3n) is 5.56. The van der Waals surface area contributed by atoms with Gasteiger partial charge in [-0.05, 0) is 30.0 Å². The summed E-state index contributed by atoms with van der Waals surface area (Å²) in [6, 6.07) is 6.84. The lowest BCUT2D eigenvalue weighted by molar-refractivity contribution is -0.142. The molecule has 0 aromatic heterocycles. The van der Waals surface area contributed by atoms with Crippen LogP contribution in [-0.2, 0) is 19.8 Å². The number of likely N-dealkylation sites (tertiary alicyclic amines) is 1. The summed E-state index contributed by atoms with van der Waals surface area (Å²) in [7, 11) is 3.04. The second-order valence-corrected chi connectivity index (χ2v) is 8.31. The Morgan fingerprint density at radius 1 is 1.27 bits per heavy atom. The first kappa shape index (κ1) is 23.8. The number of methoxy groups -OCH3 is 1. The summed E-state index contributed by atoms with van der Waals surface area (Å²) >= 11 is 0. The maximum absolute atomic E-state index is 13.5. The first-order chi connectivity index (χ1) is 14.1. The third kappa shape index (κ3) is 5.17. The molecule has 1 fully saturated rings. The van der Waals surface area contributed by atoms with E-state index < -0.39 is 18.1 Å². The van der Waals surface area contributed by atoms with E-state index in [1.54, 1.807) is 24.3 Å². The van der Waals surface area contributed by atoms with Crippen LogP contribution < -0.4 is 4.74 Å². The highest BCUT2D eigenvalue weighted by atomic mass is 16.5. The van der Waals surface area contributed by atoms with E-state index in [1.807, 2.05) is 13.8 Å². The monoisotopic (exact) mass is 420 g/mol. The van der Waals surface area contributed by atoms with E-state index in [1.165, 1.54) is 24.0 Å². The third-order valence-corrected chi connectivity index (χ3v) is 5.56. The van der Waals surface area contributed by atoms with Crippen LogP contribution in [0.3, 0.4) is 0 Å². The molecule has 0 unspecified atom stereocenters. The Kier molecular flexibility index (Phi) is 7.97. The topological polar surface area (TPSA) is 107 Å². The lowest BCUT2D eigenvalue weighted by Gasteiger charge is -2.30. The molecular weight excluding hydrogens is 388 g/mol. The number of hydrogen-bond acceptors (Lipinski definition) is 6. The van der Waals surface area contributed by atoms with Crippen molar-refractivity contribution in [2.75, 3.05) is 33.9 Å². The number of benzene rings is 1. The van der Waals surface area contributed by atoms with Gasteiger partial charge in [-0.3, -0.25) is 19.3 Å². The van der Waals surface area contributed by atoms with Gasteiger partial charge in [0.05, 0.1) is 25.2 Å². The van der Waals surface area contributed by atoms with Crippen molar-refractivity contribution in [3.8, 4) is 5.75 Å². The zero-order chi connectivity index (χ0) is 22.5. The van der Waals surface area contributed by atoms with Crippen LogP contribution in [0.15, 0.2) is 24.3 Å². The summed E-state index contributed by atoms with van der Waals surface area (Å²) in [4.78, 5) is 41.7. The Balaban J connectivity index is 2.37. The van der Waals surface area contributed by atoms with Gasteiger partial charge in [-0.1, -0.05) is 26.0 Å². The summed E-state index contributed by atoms with van der Waals surface area (Å²) < 4.78 is 5.19. The summed E-state index contributed by atoms with van der Waals surface area (Å²) in [6.07, 6.45) is -0.665.